The van der Waals surface area contributed by atoms with Crippen LogP contribution in [0.3, 0.4) is 0 Å². The van der Waals surface area contributed by atoms with E-state index < -0.39 is 11.7 Å². The average molecular weight is 506 g/mol. The molecule has 1 fully saturated rings. The lowest BCUT2D eigenvalue weighted by Gasteiger charge is -2.34. The maximum atomic E-state index is 14.5. The van der Waals surface area contributed by atoms with Gasteiger partial charge in [-0.3, -0.25) is 14.4 Å². The minimum atomic E-state index is -0.593. The predicted octanol–water partition coefficient (Wildman–Crippen LogP) is 0.979. The number of fused-ring (bicyclic) bond motifs is 1. The number of carbonyl (C=O) groups is 2. The first-order valence-corrected chi connectivity index (χ1v) is 12.3. The van der Waals surface area contributed by atoms with Crippen molar-refractivity contribution in [2.45, 2.75) is 33.1 Å². The standard InChI is InChI=1S/C22H22ClFN4O3.C2H6.CH5N/c23-13-20(29)27-7-9-28(10-8-27)22(31)17-11-14(5-6-18(17)24)12-19-15-3-1-2-4-16(15)21(30)26-25-19;2*1-2/h3-6,11H,1-2,7-10,12-13H2,(H,26,30);1-2H3;2H2,1H3. The van der Waals surface area contributed by atoms with E-state index in [1.54, 1.807) is 21.9 Å². The minimum Gasteiger partial charge on any atom is -0.338 e. The fraction of sp³-hybridized carbons (Fsp3) is 0.440. The molecule has 1 saturated heterocycles. The van der Waals surface area contributed by atoms with E-state index in [9.17, 15) is 18.8 Å². The molecule has 0 spiro atoms. The first-order valence-electron chi connectivity index (χ1n) is 11.7. The van der Waals surface area contributed by atoms with Crippen LogP contribution in [0.2, 0.25) is 0 Å². The number of nitrogens with one attached hydrogen (secondary N) is 1. The van der Waals surface area contributed by atoms with E-state index in [0.29, 0.717) is 43.5 Å². The molecule has 35 heavy (non-hydrogen) atoms. The molecule has 2 amide bonds. The van der Waals surface area contributed by atoms with E-state index in [2.05, 4.69) is 15.9 Å². The lowest BCUT2D eigenvalue weighted by molar-refractivity contribution is -0.129. The molecule has 190 valence electrons. The van der Waals surface area contributed by atoms with Crippen molar-refractivity contribution in [2.75, 3.05) is 39.1 Å². The monoisotopic (exact) mass is 505 g/mol. The number of aromatic nitrogens is 2. The van der Waals surface area contributed by atoms with E-state index in [-0.39, 0.29) is 22.9 Å². The third kappa shape index (κ3) is 6.76. The fourth-order valence-corrected chi connectivity index (χ4v) is 4.16. The van der Waals surface area contributed by atoms with Gasteiger partial charge in [-0.1, -0.05) is 32.1 Å². The van der Waals surface area contributed by atoms with Gasteiger partial charge in [0.1, 0.15) is 11.7 Å². The van der Waals surface area contributed by atoms with Crippen molar-refractivity contribution in [3.05, 3.63) is 61.6 Å². The van der Waals surface area contributed by atoms with Gasteiger partial charge >= 0.3 is 0 Å². The highest BCUT2D eigenvalue weighted by molar-refractivity contribution is 6.27. The summed E-state index contributed by atoms with van der Waals surface area (Å²) in [6.07, 6.45) is 5.88. The fourth-order valence-electron chi connectivity index (χ4n) is 3.99. The van der Waals surface area contributed by atoms with Crippen molar-refractivity contribution >= 4 is 35.6 Å². The number of rotatable bonds is 4. The molecular formula is C25H33ClFN5O3. The number of aromatic amines is 1. The van der Waals surface area contributed by atoms with E-state index >= 15 is 0 Å². The summed E-state index contributed by atoms with van der Waals surface area (Å²) in [5.41, 5.74) is 5.67. The SMILES string of the molecule is CC.CN.O=C(CCl)N1CCN(C(=O)c2cc(Cc3n[nH]c(=O)c4c3=CCCC=4)ccc2F)CC1. The summed E-state index contributed by atoms with van der Waals surface area (Å²) in [7, 11) is 1.50. The minimum absolute atomic E-state index is 0.0107. The Morgan fingerprint density at radius 3 is 2.29 bits per heavy atom. The van der Waals surface area contributed by atoms with E-state index in [1.165, 1.54) is 13.1 Å². The van der Waals surface area contributed by atoms with Crippen LogP contribution in [-0.2, 0) is 11.2 Å². The maximum Gasteiger partial charge on any atom is 0.271 e. The highest BCUT2D eigenvalue weighted by Crippen LogP contribution is 2.16. The van der Waals surface area contributed by atoms with Crippen LogP contribution in [0.1, 0.15) is 48.3 Å². The number of benzene rings is 1. The van der Waals surface area contributed by atoms with Gasteiger partial charge in [0.2, 0.25) is 5.91 Å². The van der Waals surface area contributed by atoms with E-state index in [1.807, 2.05) is 26.0 Å². The Kier molecular flexibility index (Phi) is 11.1. The quantitative estimate of drug-likeness (QED) is 0.601. The number of nitrogens with zero attached hydrogens (tertiary/aromatic N) is 3. The van der Waals surface area contributed by atoms with Crippen LogP contribution in [0, 0.1) is 5.82 Å². The van der Waals surface area contributed by atoms with Crippen molar-refractivity contribution < 1.29 is 14.0 Å². The van der Waals surface area contributed by atoms with Gasteiger partial charge in [-0.15, -0.1) is 11.6 Å². The third-order valence-corrected chi connectivity index (χ3v) is 5.90. The number of amides is 2. The second-order valence-corrected chi connectivity index (χ2v) is 7.88. The van der Waals surface area contributed by atoms with Gasteiger partial charge in [-0.2, -0.15) is 5.10 Å². The normalized spacial score (nSPS) is 14.2. The van der Waals surface area contributed by atoms with Gasteiger partial charge in [0.05, 0.1) is 11.3 Å². The predicted molar refractivity (Wildman–Crippen MR) is 136 cm³/mol. The van der Waals surface area contributed by atoms with E-state index in [4.69, 9.17) is 11.6 Å². The van der Waals surface area contributed by atoms with E-state index in [0.717, 1.165) is 23.6 Å². The molecule has 1 aliphatic heterocycles. The number of nitrogens with two attached hydrogens (primary N) is 1. The molecular weight excluding hydrogens is 473 g/mol. The molecule has 2 aliphatic rings. The largest absolute Gasteiger partial charge is 0.338 e. The summed E-state index contributed by atoms with van der Waals surface area (Å²) in [5.74, 6) is -1.27. The number of hydrogen-bond acceptors (Lipinski definition) is 5. The van der Waals surface area contributed by atoms with Crippen LogP contribution in [0.5, 0.6) is 0 Å². The molecule has 0 saturated carbocycles. The molecule has 2 heterocycles. The molecule has 0 unspecified atom stereocenters. The lowest BCUT2D eigenvalue weighted by atomic mass is 10.0. The molecule has 0 bridgehead atoms. The molecule has 3 N–H and O–H groups in total. The Labute approximate surface area is 209 Å². The molecule has 0 radical (unpaired) electrons. The molecule has 4 rings (SSSR count). The van der Waals surface area contributed by atoms with Crippen LogP contribution < -0.4 is 21.7 Å². The molecule has 10 heteroatoms. The van der Waals surface area contributed by atoms with Crippen molar-refractivity contribution in [3.8, 4) is 0 Å². The second kappa shape index (κ2) is 13.7. The molecule has 1 aromatic heterocycles. The molecule has 2 aromatic rings. The summed E-state index contributed by atoms with van der Waals surface area (Å²) in [6.45, 7) is 5.40. The number of H-pyrrole nitrogens is 1. The zero-order valence-electron chi connectivity index (χ0n) is 20.4. The first-order chi connectivity index (χ1) is 17.0. The first kappa shape index (κ1) is 28.2. The highest BCUT2D eigenvalue weighted by Gasteiger charge is 2.26. The number of hydrogen-bond donors (Lipinski definition) is 2. The molecule has 1 aromatic carbocycles. The summed E-state index contributed by atoms with van der Waals surface area (Å²) in [5, 5.41) is 8.11. The van der Waals surface area contributed by atoms with Crippen LogP contribution in [0.4, 0.5) is 4.39 Å². The average Bonchev–Trinajstić information content (AvgIpc) is 2.93. The van der Waals surface area contributed by atoms with Crippen LogP contribution in [0.15, 0.2) is 23.0 Å². The Bertz CT molecular complexity index is 1210. The number of halogens is 2. The smallest absolute Gasteiger partial charge is 0.271 e. The topological polar surface area (TPSA) is 112 Å². The Morgan fingerprint density at radius 2 is 1.66 bits per heavy atom. The van der Waals surface area contributed by atoms with Crippen LogP contribution in [0.25, 0.3) is 12.2 Å². The van der Waals surface area contributed by atoms with Gasteiger partial charge in [-0.25, -0.2) is 9.49 Å². The highest BCUT2D eigenvalue weighted by atomic mass is 35.5. The Morgan fingerprint density at radius 1 is 1.06 bits per heavy atom. The number of piperazine rings is 1. The third-order valence-electron chi connectivity index (χ3n) is 5.67. The zero-order valence-corrected chi connectivity index (χ0v) is 21.2. The molecule has 0 atom stereocenters. The second-order valence-electron chi connectivity index (χ2n) is 7.61. The Hall–Kier alpha value is -3.04. The van der Waals surface area contributed by atoms with Gasteiger partial charge in [0.25, 0.3) is 11.5 Å². The van der Waals surface area contributed by atoms with Gasteiger partial charge < -0.3 is 15.5 Å². The lowest BCUT2D eigenvalue weighted by Crippen LogP contribution is -2.51. The van der Waals surface area contributed by atoms with Crippen molar-refractivity contribution in [1.29, 1.82) is 0 Å². The summed E-state index contributed by atoms with van der Waals surface area (Å²) < 4.78 is 14.5. The summed E-state index contributed by atoms with van der Waals surface area (Å²) in [4.78, 5) is 39.8. The molecule has 8 nitrogen and oxygen atoms in total. The van der Waals surface area contributed by atoms with Crippen molar-refractivity contribution in [3.63, 3.8) is 0 Å². The zero-order chi connectivity index (χ0) is 26.0. The number of carbonyl (C=O) groups excluding carboxylic acids is 2. The van der Waals surface area contributed by atoms with Crippen molar-refractivity contribution in [1.82, 2.24) is 20.0 Å². The summed E-state index contributed by atoms with van der Waals surface area (Å²) >= 11 is 5.59. The summed E-state index contributed by atoms with van der Waals surface area (Å²) in [6, 6.07) is 4.44. The van der Waals surface area contributed by atoms with Gasteiger partial charge in [-0.05, 0) is 37.6 Å². The molecule has 1 aliphatic carbocycles. The van der Waals surface area contributed by atoms with Crippen LogP contribution >= 0.6 is 11.6 Å². The van der Waals surface area contributed by atoms with Crippen molar-refractivity contribution in [2.24, 2.45) is 5.73 Å². The van der Waals surface area contributed by atoms with Gasteiger partial charge in [0, 0.05) is 43.0 Å². The number of alkyl halides is 1. The Balaban J connectivity index is 0.00000103. The van der Waals surface area contributed by atoms with Crippen LogP contribution in [-0.4, -0.2) is 70.9 Å². The van der Waals surface area contributed by atoms with Gasteiger partial charge in [0.15, 0.2) is 0 Å². The maximum absolute atomic E-state index is 14.5.